The van der Waals surface area contributed by atoms with Crippen molar-refractivity contribution >= 4 is 5.78 Å². The summed E-state index contributed by atoms with van der Waals surface area (Å²) in [7, 11) is 0. The van der Waals surface area contributed by atoms with E-state index in [1.165, 1.54) is 5.56 Å². The molecule has 4 nitrogen and oxygen atoms in total. The first kappa shape index (κ1) is 17.6. The number of hydrogen-bond acceptors (Lipinski definition) is 4. The molecule has 0 aliphatic carbocycles. The van der Waals surface area contributed by atoms with Gasteiger partial charge in [0.15, 0.2) is 5.78 Å². The highest BCUT2D eigenvalue weighted by molar-refractivity contribution is 5.96. The van der Waals surface area contributed by atoms with E-state index in [0.717, 1.165) is 19.6 Å². The number of ketones is 1. The number of nitrogens with two attached hydrogens (primary N) is 1. The van der Waals surface area contributed by atoms with E-state index in [-0.39, 0.29) is 5.78 Å². The van der Waals surface area contributed by atoms with E-state index in [2.05, 4.69) is 29.2 Å². The van der Waals surface area contributed by atoms with E-state index in [1.54, 1.807) is 6.92 Å². The van der Waals surface area contributed by atoms with E-state index in [9.17, 15) is 4.79 Å². The van der Waals surface area contributed by atoms with E-state index in [0.29, 0.717) is 36.3 Å². The van der Waals surface area contributed by atoms with Crippen LogP contribution in [0, 0.1) is 5.92 Å². The number of Topliss-reactive ketones (excluding diaryl/α,β-unsaturated/α-hetero) is 1. The molecule has 0 bridgehead atoms. The predicted octanol–water partition coefficient (Wildman–Crippen LogP) is 2.94. The Balaban J connectivity index is 1.57. The Morgan fingerprint density at radius 2 is 1.84 bits per heavy atom. The third-order valence-electron chi connectivity index (χ3n) is 4.98. The fourth-order valence-electron chi connectivity index (χ4n) is 3.63. The van der Waals surface area contributed by atoms with Crippen molar-refractivity contribution in [2.24, 2.45) is 11.7 Å². The zero-order valence-corrected chi connectivity index (χ0v) is 14.7. The number of carbonyl (C=O) groups excluding carboxylic acids is 1. The minimum atomic E-state index is 0.0316. The average molecular weight is 338 g/mol. The zero-order chi connectivity index (χ0) is 17.6. The van der Waals surface area contributed by atoms with Crippen molar-refractivity contribution in [1.82, 2.24) is 4.90 Å². The second-order valence-electron chi connectivity index (χ2n) is 6.67. The van der Waals surface area contributed by atoms with Gasteiger partial charge >= 0.3 is 0 Å². The Morgan fingerprint density at radius 1 is 1.12 bits per heavy atom. The summed E-state index contributed by atoms with van der Waals surface area (Å²) >= 11 is 0. The number of para-hydroxylation sites is 1. The predicted molar refractivity (Wildman–Crippen MR) is 100 cm³/mol. The van der Waals surface area contributed by atoms with Crippen LogP contribution in [0.1, 0.15) is 28.8 Å². The van der Waals surface area contributed by atoms with Crippen LogP contribution in [0.25, 0.3) is 0 Å². The van der Waals surface area contributed by atoms with Gasteiger partial charge in [-0.25, -0.2) is 0 Å². The Kier molecular flexibility index (Phi) is 5.84. The molecule has 0 amide bonds. The van der Waals surface area contributed by atoms with Crippen molar-refractivity contribution in [3.63, 3.8) is 0 Å². The van der Waals surface area contributed by atoms with E-state index in [4.69, 9.17) is 10.5 Å². The molecule has 0 spiro atoms. The summed E-state index contributed by atoms with van der Waals surface area (Å²) in [5.74, 6) is 1.66. The third kappa shape index (κ3) is 4.27. The molecule has 2 atom stereocenters. The second-order valence-corrected chi connectivity index (χ2v) is 6.67. The molecular weight excluding hydrogens is 312 g/mol. The van der Waals surface area contributed by atoms with Gasteiger partial charge in [-0.15, -0.1) is 0 Å². The normalized spacial score (nSPS) is 20.6. The highest BCUT2D eigenvalue weighted by Gasteiger charge is 2.32. The lowest BCUT2D eigenvalue weighted by molar-refractivity contribution is 0.101. The molecule has 1 heterocycles. The third-order valence-corrected chi connectivity index (χ3v) is 4.98. The van der Waals surface area contributed by atoms with Crippen LogP contribution in [0.15, 0.2) is 54.6 Å². The first-order chi connectivity index (χ1) is 12.2. The number of hydrogen-bond donors (Lipinski definition) is 1. The van der Waals surface area contributed by atoms with Crippen molar-refractivity contribution in [2.45, 2.75) is 12.8 Å². The molecule has 3 rings (SSSR count). The van der Waals surface area contributed by atoms with Crippen LogP contribution in [-0.2, 0) is 0 Å². The van der Waals surface area contributed by atoms with Gasteiger partial charge in [0.1, 0.15) is 12.4 Å². The highest BCUT2D eigenvalue weighted by Crippen LogP contribution is 2.31. The standard InChI is InChI=1S/C21H26N2O2/c1-16(24)19-9-5-6-10-21(19)25-12-11-23-14-18(13-22)20(15-23)17-7-3-2-4-8-17/h2-10,18,20H,11-15,22H2,1H3/t18-,20+/m1/s1. The summed E-state index contributed by atoms with van der Waals surface area (Å²) in [6.07, 6.45) is 0. The summed E-state index contributed by atoms with van der Waals surface area (Å²) < 4.78 is 5.88. The van der Waals surface area contributed by atoms with Crippen LogP contribution >= 0.6 is 0 Å². The van der Waals surface area contributed by atoms with Crippen molar-refractivity contribution < 1.29 is 9.53 Å². The van der Waals surface area contributed by atoms with E-state index < -0.39 is 0 Å². The number of likely N-dealkylation sites (tertiary alicyclic amines) is 1. The lowest BCUT2D eigenvalue weighted by atomic mass is 9.89. The topological polar surface area (TPSA) is 55.6 Å². The maximum absolute atomic E-state index is 11.7. The molecule has 25 heavy (non-hydrogen) atoms. The molecule has 2 aromatic carbocycles. The van der Waals surface area contributed by atoms with Crippen LogP contribution < -0.4 is 10.5 Å². The minimum absolute atomic E-state index is 0.0316. The SMILES string of the molecule is CC(=O)c1ccccc1OCCN1C[C@@H](CN)[C@H](c2ccccc2)C1. The summed E-state index contributed by atoms with van der Waals surface area (Å²) in [4.78, 5) is 14.1. The molecule has 0 saturated carbocycles. The van der Waals surface area contributed by atoms with Gasteiger partial charge in [-0.2, -0.15) is 0 Å². The van der Waals surface area contributed by atoms with Gasteiger partial charge in [0.2, 0.25) is 0 Å². The van der Waals surface area contributed by atoms with E-state index >= 15 is 0 Å². The largest absolute Gasteiger partial charge is 0.491 e. The van der Waals surface area contributed by atoms with Crippen LogP contribution in [0.2, 0.25) is 0 Å². The van der Waals surface area contributed by atoms with Crippen LogP contribution in [0.5, 0.6) is 5.75 Å². The van der Waals surface area contributed by atoms with Gasteiger partial charge in [0, 0.05) is 25.6 Å². The van der Waals surface area contributed by atoms with Crippen molar-refractivity contribution in [2.75, 3.05) is 32.8 Å². The number of rotatable bonds is 7. The van der Waals surface area contributed by atoms with E-state index in [1.807, 2.05) is 30.3 Å². The van der Waals surface area contributed by atoms with Crippen LogP contribution in [0.4, 0.5) is 0 Å². The molecule has 2 aromatic rings. The Bertz CT molecular complexity index is 702. The molecule has 132 valence electrons. The van der Waals surface area contributed by atoms with Crippen molar-refractivity contribution in [3.8, 4) is 5.75 Å². The Labute approximate surface area is 149 Å². The summed E-state index contributed by atoms with van der Waals surface area (Å²) in [6.45, 7) is 5.68. The molecule has 0 aromatic heterocycles. The van der Waals surface area contributed by atoms with Crippen LogP contribution in [-0.4, -0.2) is 43.5 Å². The van der Waals surface area contributed by atoms with Gasteiger partial charge in [0.25, 0.3) is 0 Å². The maximum atomic E-state index is 11.7. The first-order valence-electron chi connectivity index (χ1n) is 8.89. The molecule has 4 heteroatoms. The smallest absolute Gasteiger partial charge is 0.163 e. The average Bonchev–Trinajstić information content (AvgIpc) is 3.06. The Morgan fingerprint density at radius 3 is 2.56 bits per heavy atom. The second kappa shape index (κ2) is 8.28. The molecular formula is C21H26N2O2. The number of carbonyl (C=O) groups is 1. The maximum Gasteiger partial charge on any atom is 0.163 e. The van der Waals surface area contributed by atoms with Gasteiger partial charge < -0.3 is 10.5 Å². The van der Waals surface area contributed by atoms with Gasteiger partial charge in [-0.05, 0) is 37.1 Å². The van der Waals surface area contributed by atoms with Gasteiger partial charge in [0.05, 0.1) is 5.56 Å². The van der Waals surface area contributed by atoms with Crippen molar-refractivity contribution in [1.29, 1.82) is 0 Å². The van der Waals surface area contributed by atoms with Gasteiger partial charge in [-0.3, -0.25) is 9.69 Å². The molecule has 1 aliphatic heterocycles. The van der Waals surface area contributed by atoms with Crippen LogP contribution in [0.3, 0.4) is 0 Å². The number of ether oxygens (including phenoxy) is 1. The van der Waals surface area contributed by atoms with Crippen molar-refractivity contribution in [3.05, 3.63) is 65.7 Å². The Hall–Kier alpha value is -2.17. The summed E-state index contributed by atoms with van der Waals surface area (Å²) in [6, 6.07) is 18.0. The molecule has 1 saturated heterocycles. The lowest BCUT2D eigenvalue weighted by Crippen LogP contribution is -2.27. The quantitative estimate of drug-likeness (QED) is 0.789. The van der Waals surface area contributed by atoms with Gasteiger partial charge in [-0.1, -0.05) is 42.5 Å². The lowest BCUT2D eigenvalue weighted by Gasteiger charge is -2.17. The fourth-order valence-corrected chi connectivity index (χ4v) is 3.63. The molecule has 2 N–H and O–H groups in total. The zero-order valence-electron chi connectivity index (χ0n) is 14.7. The molecule has 1 fully saturated rings. The molecule has 0 radical (unpaired) electrons. The highest BCUT2D eigenvalue weighted by atomic mass is 16.5. The fraction of sp³-hybridized carbons (Fsp3) is 0.381. The number of benzene rings is 2. The summed E-state index contributed by atoms with van der Waals surface area (Å²) in [5, 5.41) is 0. The molecule has 0 unspecified atom stereocenters. The molecule has 1 aliphatic rings. The number of nitrogens with zero attached hydrogens (tertiary/aromatic N) is 1. The minimum Gasteiger partial charge on any atom is -0.491 e. The monoisotopic (exact) mass is 338 g/mol. The first-order valence-corrected chi connectivity index (χ1v) is 8.89. The summed E-state index contributed by atoms with van der Waals surface area (Å²) in [5.41, 5.74) is 8.01.